The molecule has 0 spiro atoms. The number of ether oxygens (including phenoxy) is 2. The molecule has 0 bridgehead atoms. The van der Waals surface area contributed by atoms with E-state index in [1.165, 1.54) is 12.2 Å². The minimum Gasteiger partial charge on any atom is -0.449 e. The lowest BCUT2D eigenvalue weighted by Gasteiger charge is -1.94. The molecule has 68 valence electrons. The predicted octanol–water partition coefficient (Wildman–Crippen LogP) is 2.29. The molecule has 12 heavy (non-hydrogen) atoms. The normalized spacial score (nSPS) is 9.83. The van der Waals surface area contributed by atoms with Gasteiger partial charge in [0.2, 0.25) is 0 Å². The van der Waals surface area contributed by atoms with E-state index in [0.29, 0.717) is 0 Å². The molecule has 0 N–H and O–H groups in total. The van der Waals surface area contributed by atoms with E-state index in [9.17, 15) is 9.59 Å². The summed E-state index contributed by atoms with van der Waals surface area (Å²) in [5, 5.41) is 0. The molecule has 0 radical (unpaired) electrons. The lowest BCUT2D eigenvalue weighted by molar-refractivity contribution is 0.182. The number of carbonyl (C=O) groups is 2. The van der Waals surface area contributed by atoms with Gasteiger partial charge in [0.15, 0.2) is 0 Å². The van der Waals surface area contributed by atoms with Crippen molar-refractivity contribution in [1.29, 1.82) is 0 Å². The van der Waals surface area contributed by atoms with Gasteiger partial charge >= 0.3 is 10.9 Å². The summed E-state index contributed by atoms with van der Waals surface area (Å²) in [6.07, 6.45) is 2.94. The van der Waals surface area contributed by atoms with Crippen molar-refractivity contribution in [2.75, 3.05) is 13.2 Å². The molecule has 0 saturated heterocycles. The van der Waals surface area contributed by atoms with Crippen LogP contribution in [0.25, 0.3) is 0 Å². The van der Waals surface area contributed by atoms with Crippen LogP contribution < -0.4 is 0 Å². The van der Waals surface area contributed by atoms with Crippen LogP contribution in [-0.2, 0) is 9.47 Å². The fourth-order valence-electron chi connectivity index (χ4n) is 0.363. The SMILES string of the molecule is O=C(Cl)OC/C=C/COC(=O)Cl. The van der Waals surface area contributed by atoms with Crippen molar-refractivity contribution in [1.82, 2.24) is 0 Å². The third kappa shape index (κ3) is 9.26. The van der Waals surface area contributed by atoms with E-state index >= 15 is 0 Å². The molecule has 0 aromatic rings. The quantitative estimate of drug-likeness (QED) is 0.531. The summed E-state index contributed by atoms with van der Waals surface area (Å²) in [6, 6.07) is 0. The summed E-state index contributed by atoms with van der Waals surface area (Å²) in [7, 11) is 0. The summed E-state index contributed by atoms with van der Waals surface area (Å²) in [5.41, 5.74) is -1.76. The molecular weight excluding hydrogens is 207 g/mol. The largest absolute Gasteiger partial charge is 0.449 e. The Morgan fingerprint density at radius 1 is 1.00 bits per heavy atom. The number of carbonyl (C=O) groups excluding carboxylic acids is 2. The Kier molecular flexibility index (Phi) is 6.51. The molecule has 0 amide bonds. The molecule has 0 aliphatic rings. The van der Waals surface area contributed by atoms with Gasteiger partial charge in [-0.25, -0.2) is 9.59 Å². The Morgan fingerprint density at radius 3 is 1.58 bits per heavy atom. The highest BCUT2D eigenvalue weighted by atomic mass is 35.5. The van der Waals surface area contributed by atoms with Gasteiger partial charge in [0, 0.05) is 23.2 Å². The summed E-state index contributed by atoms with van der Waals surface area (Å²) in [6.45, 7) is 0.0876. The maximum Gasteiger partial charge on any atom is 0.404 e. The van der Waals surface area contributed by atoms with E-state index in [0.717, 1.165) is 0 Å². The number of hydrogen-bond donors (Lipinski definition) is 0. The van der Waals surface area contributed by atoms with Gasteiger partial charge in [0.25, 0.3) is 0 Å². The highest BCUT2D eigenvalue weighted by molar-refractivity contribution is 6.61. The zero-order chi connectivity index (χ0) is 9.40. The van der Waals surface area contributed by atoms with Crippen molar-refractivity contribution in [3.63, 3.8) is 0 Å². The molecule has 0 fully saturated rings. The van der Waals surface area contributed by atoms with E-state index in [1.807, 2.05) is 0 Å². The van der Waals surface area contributed by atoms with E-state index in [2.05, 4.69) is 9.47 Å². The molecule has 0 heterocycles. The number of rotatable bonds is 4. The van der Waals surface area contributed by atoms with Gasteiger partial charge in [-0.15, -0.1) is 0 Å². The van der Waals surface area contributed by atoms with Crippen LogP contribution in [-0.4, -0.2) is 24.1 Å². The molecule has 0 atom stereocenters. The smallest absolute Gasteiger partial charge is 0.404 e. The van der Waals surface area contributed by atoms with Crippen LogP contribution in [0.2, 0.25) is 0 Å². The fourth-order valence-corrected chi connectivity index (χ4v) is 0.489. The minimum absolute atomic E-state index is 0.0438. The van der Waals surface area contributed by atoms with Crippen molar-refractivity contribution >= 4 is 34.1 Å². The Morgan fingerprint density at radius 2 is 1.33 bits per heavy atom. The summed E-state index contributed by atoms with van der Waals surface area (Å²) >= 11 is 9.68. The maximum absolute atomic E-state index is 9.99. The lowest BCUT2D eigenvalue weighted by Crippen LogP contribution is -1.95. The molecule has 0 aliphatic heterocycles. The molecule has 0 aromatic heterocycles. The average molecular weight is 213 g/mol. The first-order valence-corrected chi connectivity index (χ1v) is 3.68. The van der Waals surface area contributed by atoms with Gasteiger partial charge in [-0.1, -0.05) is 0 Å². The van der Waals surface area contributed by atoms with Crippen molar-refractivity contribution < 1.29 is 19.1 Å². The molecule has 0 aliphatic carbocycles. The Labute approximate surface area is 79.0 Å². The van der Waals surface area contributed by atoms with Crippen LogP contribution in [0.15, 0.2) is 12.2 Å². The molecule has 0 rings (SSSR count). The van der Waals surface area contributed by atoms with Gasteiger partial charge in [-0.05, 0) is 12.2 Å². The third-order valence-corrected chi connectivity index (χ3v) is 0.971. The van der Waals surface area contributed by atoms with Crippen LogP contribution in [0.1, 0.15) is 0 Å². The maximum atomic E-state index is 9.99. The van der Waals surface area contributed by atoms with E-state index in [1.54, 1.807) is 0 Å². The van der Waals surface area contributed by atoms with Crippen LogP contribution in [0, 0.1) is 0 Å². The molecule has 0 aromatic carbocycles. The zero-order valence-electron chi connectivity index (χ0n) is 5.96. The summed E-state index contributed by atoms with van der Waals surface area (Å²) in [4.78, 5) is 20.0. The predicted molar refractivity (Wildman–Crippen MR) is 43.5 cm³/mol. The Hall–Kier alpha value is -0.740. The topological polar surface area (TPSA) is 52.6 Å². The first-order chi connectivity index (χ1) is 5.63. The molecule has 6 heteroatoms. The highest BCUT2D eigenvalue weighted by Crippen LogP contribution is 1.89. The van der Waals surface area contributed by atoms with Crippen molar-refractivity contribution in [3.8, 4) is 0 Å². The highest BCUT2D eigenvalue weighted by Gasteiger charge is 1.91. The summed E-state index contributed by atoms with van der Waals surface area (Å²) < 4.78 is 8.63. The van der Waals surface area contributed by atoms with Crippen molar-refractivity contribution in [2.45, 2.75) is 0 Å². The second-order valence-electron chi connectivity index (χ2n) is 1.57. The third-order valence-electron chi connectivity index (χ3n) is 0.753. The molecule has 0 saturated carbocycles. The van der Waals surface area contributed by atoms with Crippen LogP contribution in [0.4, 0.5) is 9.59 Å². The lowest BCUT2D eigenvalue weighted by atomic mass is 10.5. The monoisotopic (exact) mass is 212 g/mol. The zero-order valence-corrected chi connectivity index (χ0v) is 7.47. The van der Waals surface area contributed by atoms with Crippen molar-refractivity contribution in [2.24, 2.45) is 0 Å². The van der Waals surface area contributed by atoms with Gasteiger partial charge in [-0.2, -0.15) is 0 Å². The van der Waals surface area contributed by atoms with E-state index < -0.39 is 10.9 Å². The Balaban J connectivity index is 3.26. The number of hydrogen-bond acceptors (Lipinski definition) is 4. The van der Waals surface area contributed by atoms with Crippen LogP contribution in [0.5, 0.6) is 0 Å². The average Bonchev–Trinajstić information content (AvgIpc) is 1.95. The van der Waals surface area contributed by atoms with Gasteiger partial charge in [-0.3, -0.25) is 0 Å². The Bertz CT molecular complexity index is 170. The van der Waals surface area contributed by atoms with E-state index in [4.69, 9.17) is 23.2 Å². The van der Waals surface area contributed by atoms with E-state index in [-0.39, 0.29) is 13.2 Å². The standard InChI is InChI=1S/C6H6Cl2O4/c7-5(9)11-3-1-2-4-12-6(8)10/h1-2H,3-4H2/b2-1+. The van der Waals surface area contributed by atoms with Crippen molar-refractivity contribution in [3.05, 3.63) is 12.2 Å². The van der Waals surface area contributed by atoms with Crippen LogP contribution >= 0.6 is 23.2 Å². The first kappa shape index (κ1) is 11.3. The summed E-state index contributed by atoms with van der Waals surface area (Å²) in [5.74, 6) is 0. The first-order valence-electron chi connectivity index (χ1n) is 2.92. The molecule has 4 nitrogen and oxygen atoms in total. The second kappa shape index (κ2) is 6.94. The molecular formula is C6H6Cl2O4. The van der Waals surface area contributed by atoms with Gasteiger partial charge < -0.3 is 9.47 Å². The van der Waals surface area contributed by atoms with Crippen LogP contribution in [0.3, 0.4) is 0 Å². The molecule has 0 unspecified atom stereocenters. The van der Waals surface area contributed by atoms with Gasteiger partial charge in [0.05, 0.1) is 0 Å². The van der Waals surface area contributed by atoms with Gasteiger partial charge in [0.1, 0.15) is 13.2 Å². The minimum atomic E-state index is -0.881. The number of halogens is 2. The fraction of sp³-hybridized carbons (Fsp3) is 0.333. The second-order valence-corrected chi connectivity index (χ2v) is 2.19.